The molecule has 0 aromatic heterocycles. The Morgan fingerprint density at radius 2 is 1.88 bits per heavy atom. The summed E-state index contributed by atoms with van der Waals surface area (Å²) in [6, 6.07) is 13.0. The van der Waals surface area contributed by atoms with Crippen LogP contribution in [0.1, 0.15) is 25.0 Å². The Morgan fingerprint density at radius 1 is 1.17 bits per heavy atom. The Hall–Kier alpha value is -2.33. The third kappa shape index (κ3) is 4.36. The number of hydrogen-bond donors (Lipinski definition) is 1. The highest BCUT2D eigenvalue weighted by molar-refractivity contribution is 6.31. The van der Waals surface area contributed by atoms with Gasteiger partial charge in [-0.1, -0.05) is 42.8 Å². The van der Waals surface area contributed by atoms with Gasteiger partial charge in [0, 0.05) is 23.3 Å². The van der Waals surface area contributed by atoms with Crippen LogP contribution in [0.3, 0.4) is 0 Å². The summed E-state index contributed by atoms with van der Waals surface area (Å²) < 4.78 is 0. The standard InChI is InChI=1S/C19H21ClN2O2/c1-4-15-7-5-6-8-18(15)21-19(24)12-22(14(3)23)16-10-9-13(2)17(20)11-16/h5-11H,4,12H2,1-3H3,(H,21,24). The zero-order valence-electron chi connectivity index (χ0n) is 14.1. The summed E-state index contributed by atoms with van der Waals surface area (Å²) in [7, 11) is 0. The first-order chi connectivity index (χ1) is 11.4. The lowest BCUT2D eigenvalue weighted by molar-refractivity contribution is -0.120. The van der Waals surface area contributed by atoms with E-state index in [1.165, 1.54) is 11.8 Å². The smallest absolute Gasteiger partial charge is 0.244 e. The minimum Gasteiger partial charge on any atom is -0.324 e. The number of nitrogens with one attached hydrogen (secondary N) is 1. The van der Waals surface area contributed by atoms with Crippen LogP contribution in [-0.4, -0.2) is 18.4 Å². The molecule has 126 valence electrons. The van der Waals surface area contributed by atoms with E-state index in [0.29, 0.717) is 10.7 Å². The van der Waals surface area contributed by atoms with Gasteiger partial charge in [0.1, 0.15) is 6.54 Å². The van der Waals surface area contributed by atoms with E-state index in [4.69, 9.17) is 11.6 Å². The average Bonchev–Trinajstić information content (AvgIpc) is 2.55. The summed E-state index contributed by atoms with van der Waals surface area (Å²) in [5.41, 5.74) is 3.36. The molecule has 0 aliphatic carbocycles. The quantitative estimate of drug-likeness (QED) is 0.883. The van der Waals surface area contributed by atoms with Gasteiger partial charge in [0.2, 0.25) is 11.8 Å². The fraction of sp³-hybridized carbons (Fsp3) is 0.263. The van der Waals surface area contributed by atoms with Crippen molar-refractivity contribution >= 4 is 34.8 Å². The maximum absolute atomic E-state index is 12.4. The number of benzene rings is 2. The summed E-state index contributed by atoms with van der Waals surface area (Å²) >= 11 is 6.13. The first kappa shape index (κ1) is 18.0. The molecule has 0 atom stereocenters. The first-order valence-corrected chi connectivity index (χ1v) is 8.22. The number of anilines is 2. The summed E-state index contributed by atoms with van der Waals surface area (Å²) in [6.07, 6.45) is 0.820. The molecule has 0 fully saturated rings. The van der Waals surface area contributed by atoms with Crippen molar-refractivity contribution in [3.63, 3.8) is 0 Å². The summed E-state index contributed by atoms with van der Waals surface area (Å²) in [5.74, 6) is -0.461. The van der Waals surface area contributed by atoms with Crippen molar-refractivity contribution in [3.8, 4) is 0 Å². The van der Waals surface area contributed by atoms with E-state index in [9.17, 15) is 9.59 Å². The van der Waals surface area contributed by atoms with Gasteiger partial charge in [-0.05, 0) is 42.7 Å². The number of rotatable bonds is 5. The number of amides is 2. The van der Waals surface area contributed by atoms with Gasteiger partial charge in [0.25, 0.3) is 0 Å². The summed E-state index contributed by atoms with van der Waals surface area (Å²) in [4.78, 5) is 25.7. The molecule has 0 radical (unpaired) electrons. The Kier molecular flexibility index (Phi) is 5.99. The molecule has 0 heterocycles. The Balaban J connectivity index is 2.17. The maximum atomic E-state index is 12.4. The highest BCUT2D eigenvalue weighted by atomic mass is 35.5. The van der Waals surface area contributed by atoms with Gasteiger partial charge < -0.3 is 10.2 Å². The third-order valence-electron chi connectivity index (χ3n) is 3.82. The fourth-order valence-electron chi connectivity index (χ4n) is 2.42. The lowest BCUT2D eigenvalue weighted by atomic mass is 10.1. The highest BCUT2D eigenvalue weighted by Gasteiger charge is 2.17. The van der Waals surface area contributed by atoms with E-state index < -0.39 is 0 Å². The van der Waals surface area contributed by atoms with E-state index in [0.717, 1.165) is 23.2 Å². The first-order valence-electron chi connectivity index (χ1n) is 7.84. The van der Waals surface area contributed by atoms with E-state index in [1.54, 1.807) is 12.1 Å². The number of halogens is 1. The van der Waals surface area contributed by atoms with Crippen LogP contribution >= 0.6 is 11.6 Å². The Labute approximate surface area is 147 Å². The number of carbonyl (C=O) groups is 2. The van der Waals surface area contributed by atoms with Crippen molar-refractivity contribution in [2.45, 2.75) is 27.2 Å². The van der Waals surface area contributed by atoms with Crippen LogP contribution in [0.2, 0.25) is 5.02 Å². The van der Waals surface area contributed by atoms with Gasteiger partial charge in [-0.2, -0.15) is 0 Å². The van der Waals surface area contributed by atoms with E-state index in [-0.39, 0.29) is 18.4 Å². The SMILES string of the molecule is CCc1ccccc1NC(=O)CN(C(C)=O)c1ccc(C)c(Cl)c1. The third-order valence-corrected chi connectivity index (χ3v) is 4.23. The highest BCUT2D eigenvalue weighted by Crippen LogP contribution is 2.23. The van der Waals surface area contributed by atoms with Gasteiger partial charge >= 0.3 is 0 Å². The van der Waals surface area contributed by atoms with E-state index in [2.05, 4.69) is 5.32 Å². The van der Waals surface area contributed by atoms with Crippen molar-refractivity contribution in [3.05, 3.63) is 58.6 Å². The molecule has 0 aliphatic rings. The molecule has 1 N–H and O–H groups in total. The molecule has 0 unspecified atom stereocenters. The molecule has 2 aromatic rings. The molecule has 5 heteroatoms. The minimum absolute atomic E-state index is 0.0627. The Morgan fingerprint density at radius 3 is 2.50 bits per heavy atom. The van der Waals surface area contributed by atoms with Crippen LogP contribution in [0, 0.1) is 6.92 Å². The van der Waals surface area contributed by atoms with Gasteiger partial charge in [-0.25, -0.2) is 0 Å². The van der Waals surface area contributed by atoms with Crippen molar-refractivity contribution in [1.82, 2.24) is 0 Å². The topological polar surface area (TPSA) is 49.4 Å². The molecule has 2 rings (SSSR count). The maximum Gasteiger partial charge on any atom is 0.244 e. The molecule has 0 aliphatic heterocycles. The normalized spacial score (nSPS) is 10.3. The van der Waals surface area contributed by atoms with Crippen molar-refractivity contribution in [2.24, 2.45) is 0 Å². The molecule has 0 saturated carbocycles. The molecule has 2 amide bonds. The van der Waals surface area contributed by atoms with Crippen LogP contribution in [0.5, 0.6) is 0 Å². The zero-order valence-corrected chi connectivity index (χ0v) is 14.9. The van der Waals surface area contributed by atoms with E-state index in [1.807, 2.05) is 44.2 Å². The lowest BCUT2D eigenvalue weighted by Crippen LogP contribution is -2.36. The second-order valence-corrected chi connectivity index (χ2v) is 6.00. The zero-order chi connectivity index (χ0) is 17.7. The van der Waals surface area contributed by atoms with Gasteiger partial charge in [0.15, 0.2) is 0 Å². The molecule has 0 spiro atoms. The van der Waals surface area contributed by atoms with Crippen molar-refractivity contribution in [2.75, 3.05) is 16.8 Å². The van der Waals surface area contributed by atoms with E-state index >= 15 is 0 Å². The molecular weight excluding hydrogens is 324 g/mol. The molecule has 2 aromatic carbocycles. The summed E-state index contributed by atoms with van der Waals surface area (Å²) in [6.45, 7) is 5.29. The second kappa shape index (κ2) is 7.97. The van der Waals surface area contributed by atoms with Crippen molar-refractivity contribution in [1.29, 1.82) is 0 Å². The van der Waals surface area contributed by atoms with Crippen LogP contribution in [0.25, 0.3) is 0 Å². The fourth-order valence-corrected chi connectivity index (χ4v) is 2.59. The van der Waals surface area contributed by atoms with Gasteiger partial charge in [-0.15, -0.1) is 0 Å². The molecule has 4 nitrogen and oxygen atoms in total. The monoisotopic (exact) mass is 344 g/mol. The predicted molar refractivity (Wildman–Crippen MR) is 98.7 cm³/mol. The molecule has 0 bridgehead atoms. The van der Waals surface area contributed by atoms with Crippen LogP contribution < -0.4 is 10.2 Å². The number of para-hydroxylation sites is 1. The number of aryl methyl sites for hydroxylation is 2. The van der Waals surface area contributed by atoms with Crippen molar-refractivity contribution < 1.29 is 9.59 Å². The van der Waals surface area contributed by atoms with Crippen LogP contribution in [0.15, 0.2) is 42.5 Å². The number of hydrogen-bond acceptors (Lipinski definition) is 2. The minimum atomic E-state index is -0.247. The van der Waals surface area contributed by atoms with Gasteiger partial charge in [-0.3, -0.25) is 9.59 Å². The Bertz CT molecular complexity index is 759. The lowest BCUT2D eigenvalue weighted by Gasteiger charge is -2.21. The summed E-state index contributed by atoms with van der Waals surface area (Å²) in [5, 5.41) is 3.44. The number of nitrogens with zero attached hydrogens (tertiary/aromatic N) is 1. The second-order valence-electron chi connectivity index (χ2n) is 5.60. The molecule has 0 saturated heterocycles. The van der Waals surface area contributed by atoms with Crippen LogP contribution in [0.4, 0.5) is 11.4 Å². The average molecular weight is 345 g/mol. The predicted octanol–water partition coefficient (Wildman–Crippen LogP) is 4.20. The largest absolute Gasteiger partial charge is 0.324 e. The molecule has 24 heavy (non-hydrogen) atoms. The van der Waals surface area contributed by atoms with Gasteiger partial charge in [0.05, 0.1) is 0 Å². The van der Waals surface area contributed by atoms with Crippen LogP contribution in [-0.2, 0) is 16.0 Å². The number of carbonyl (C=O) groups excluding carboxylic acids is 2. The molecular formula is C19H21ClN2O2.